The molecule has 5 nitrogen and oxygen atoms in total. The fourth-order valence-electron chi connectivity index (χ4n) is 1.28. The van der Waals surface area contributed by atoms with E-state index in [1.807, 2.05) is 6.92 Å². The molecule has 17 heavy (non-hydrogen) atoms. The highest BCUT2D eigenvalue weighted by atomic mass is 16.5. The minimum atomic E-state index is -0.853. The third-order valence-electron chi connectivity index (χ3n) is 2.26. The molecule has 1 amide bonds. The first-order valence-corrected chi connectivity index (χ1v) is 5.45. The quantitative estimate of drug-likeness (QED) is 0.850. The smallest absolute Gasteiger partial charge is 0.256 e. The van der Waals surface area contributed by atoms with Gasteiger partial charge in [0.15, 0.2) is 0 Å². The number of rotatable bonds is 5. The predicted octanol–water partition coefficient (Wildman–Crippen LogP) is 1.84. The number of pyridine rings is 1. The Morgan fingerprint density at radius 2 is 2.18 bits per heavy atom. The average Bonchev–Trinajstić information content (AvgIpc) is 2.30. The lowest BCUT2D eigenvalue weighted by molar-refractivity contribution is -0.136. The van der Waals surface area contributed by atoms with Crippen molar-refractivity contribution in [2.75, 3.05) is 19.0 Å². The van der Waals surface area contributed by atoms with E-state index in [4.69, 9.17) is 9.47 Å². The van der Waals surface area contributed by atoms with Gasteiger partial charge in [-0.15, -0.1) is 0 Å². The monoisotopic (exact) mass is 238 g/mol. The largest absolute Gasteiger partial charge is 0.481 e. The second-order valence-electron chi connectivity index (χ2n) is 3.99. The Bertz CT molecular complexity index is 374. The van der Waals surface area contributed by atoms with Gasteiger partial charge < -0.3 is 14.8 Å². The van der Waals surface area contributed by atoms with Crippen molar-refractivity contribution in [3.8, 4) is 5.88 Å². The van der Waals surface area contributed by atoms with Crippen molar-refractivity contribution >= 4 is 11.6 Å². The van der Waals surface area contributed by atoms with Crippen molar-refractivity contribution in [3.63, 3.8) is 0 Å². The van der Waals surface area contributed by atoms with Crippen LogP contribution in [0.5, 0.6) is 5.88 Å². The minimum absolute atomic E-state index is 0.202. The van der Waals surface area contributed by atoms with Gasteiger partial charge >= 0.3 is 0 Å². The molecule has 0 bridgehead atoms. The number of hydrogen-bond acceptors (Lipinski definition) is 4. The third kappa shape index (κ3) is 3.71. The summed E-state index contributed by atoms with van der Waals surface area (Å²) in [6.07, 6.45) is 1.54. The van der Waals surface area contributed by atoms with E-state index in [9.17, 15) is 4.79 Å². The molecule has 94 valence electrons. The van der Waals surface area contributed by atoms with Crippen LogP contribution in [0.2, 0.25) is 0 Å². The van der Waals surface area contributed by atoms with Crippen molar-refractivity contribution < 1.29 is 14.3 Å². The molecule has 1 aromatic heterocycles. The van der Waals surface area contributed by atoms with Crippen LogP contribution in [0.1, 0.15) is 20.8 Å². The molecule has 0 radical (unpaired) electrons. The Labute approximate surface area is 101 Å². The lowest BCUT2D eigenvalue weighted by Gasteiger charge is -2.23. The second kappa shape index (κ2) is 5.63. The maximum atomic E-state index is 11.9. The summed E-state index contributed by atoms with van der Waals surface area (Å²) in [6, 6.07) is 3.41. The first-order valence-electron chi connectivity index (χ1n) is 5.45. The second-order valence-corrected chi connectivity index (χ2v) is 3.99. The summed E-state index contributed by atoms with van der Waals surface area (Å²) in [5.41, 5.74) is -0.238. The third-order valence-corrected chi connectivity index (χ3v) is 2.26. The molecular weight excluding hydrogens is 220 g/mol. The first kappa shape index (κ1) is 13.4. The predicted molar refractivity (Wildman–Crippen MR) is 65.1 cm³/mol. The number of amides is 1. The van der Waals surface area contributed by atoms with Crippen molar-refractivity contribution in [3.05, 3.63) is 18.3 Å². The number of hydrogen-bond donors (Lipinski definition) is 1. The molecule has 0 aliphatic heterocycles. The highest BCUT2D eigenvalue weighted by Crippen LogP contribution is 2.15. The number of methoxy groups -OCH3 is 1. The van der Waals surface area contributed by atoms with Crippen LogP contribution in [0.15, 0.2) is 18.3 Å². The molecule has 0 aromatic carbocycles. The topological polar surface area (TPSA) is 60.5 Å². The zero-order valence-corrected chi connectivity index (χ0v) is 10.6. The Morgan fingerprint density at radius 1 is 1.47 bits per heavy atom. The van der Waals surface area contributed by atoms with Gasteiger partial charge in [0.2, 0.25) is 5.88 Å². The molecule has 0 aliphatic carbocycles. The fourth-order valence-corrected chi connectivity index (χ4v) is 1.28. The van der Waals surface area contributed by atoms with Gasteiger partial charge in [-0.3, -0.25) is 4.79 Å². The van der Waals surface area contributed by atoms with Crippen LogP contribution in [-0.2, 0) is 9.53 Å². The van der Waals surface area contributed by atoms with Crippen LogP contribution >= 0.6 is 0 Å². The van der Waals surface area contributed by atoms with Gasteiger partial charge in [0.1, 0.15) is 5.60 Å². The van der Waals surface area contributed by atoms with Gasteiger partial charge in [-0.2, -0.15) is 0 Å². The lowest BCUT2D eigenvalue weighted by atomic mass is 10.1. The van der Waals surface area contributed by atoms with Gasteiger partial charge in [-0.05, 0) is 26.8 Å². The number of carbonyl (C=O) groups excluding carboxylic acids is 1. The van der Waals surface area contributed by atoms with Gasteiger partial charge in [-0.25, -0.2) is 4.98 Å². The number of anilines is 1. The molecule has 1 aromatic rings. The van der Waals surface area contributed by atoms with Gasteiger partial charge in [-0.1, -0.05) is 0 Å². The van der Waals surface area contributed by atoms with Crippen LogP contribution in [0, 0.1) is 0 Å². The summed E-state index contributed by atoms with van der Waals surface area (Å²) in [4.78, 5) is 15.9. The molecule has 0 atom stereocenters. The summed E-state index contributed by atoms with van der Waals surface area (Å²) < 4.78 is 10.3. The van der Waals surface area contributed by atoms with Crippen LogP contribution in [-0.4, -0.2) is 30.2 Å². The fraction of sp³-hybridized carbons (Fsp3) is 0.500. The molecule has 1 N–H and O–H groups in total. The summed E-state index contributed by atoms with van der Waals surface area (Å²) in [6.45, 7) is 5.79. The number of aromatic nitrogens is 1. The molecule has 0 unspecified atom stereocenters. The van der Waals surface area contributed by atoms with E-state index in [0.29, 0.717) is 18.2 Å². The van der Waals surface area contributed by atoms with Crippen LogP contribution in [0.25, 0.3) is 0 Å². The van der Waals surface area contributed by atoms with E-state index in [2.05, 4.69) is 10.3 Å². The summed E-state index contributed by atoms with van der Waals surface area (Å²) in [5, 5.41) is 2.74. The molecular formula is C12H18N2O3. The Kier molecular flexibility index (Phi) is 4.45. The number of carbonyl (C=O) groups is 1. The van der Waals surface area contributed by atoms with Crippen molar-refractivity contribution in [2.24, 2.45) is 0 Å². The highest BCUT2D eigenvalue weighted by molar-refractivity contribution is 5.96. The van der Waals surface area contributed by atoms with Crippen molar-refractivity contribution in [1.29, 1.82) is 0 Å². The normalized spacial score (nSPS) is 11.1. The highest BCUT2D eigenvalue weighted by Gasteiger charge is 2.27. The SMILES string of the molecule is CCOC(C)(C)C(=O)Nc1ccc(OC)nc1. The standard InChI is InChI=1S/C12H18N2O3/c1-5-17-12(2,3)11(15)14-9-6-7-10(16-4)13-8-9/h6-8H,5H2,1-4H3,(H,14,15). The summed E-state index contributed by atoms with van der Waals surface area (Å²) in [5.74, 6) is 0.304. The van der Waals surface area contributed by atoms with E-state index < -0.39 is 5.60 Å². The van der Waals surface area contributed by atoms with E-state index >= 15 is 0 Å². The van der Waals surface area contributed by atoms with Gasteiger partial charge in [0.05, 0.1) is 19.0 Å². The number of ether oxygens (including phenoxy) is 2. The lowest BCUT2D eigenvalue weighted by Crippen LogP contribution is -2.39. The number of nitrogens with zero attached hydrogens (tertiary/aromatic N) is 1. The van der Waals surface area contributed by atoms with Crippen molar-refractivity contribution in [1.82, 2.24) is 4.98 Å². The zero-order valence-electron chi connectivity index (χ0n) is 10.6. The van der Waals surface area contributed by atoms with E-state index in [1.165, 1.54) is 0 Å². The van der Waals surface area contributed by atoms with E-state index in [1.54, 1.807) is 39.3 Å². The molecule has 5 heteroatoms. The van der Waals surface area contributed by atoms with Gasteiger partial charge in [0.25, 0.3) is 5.91 Å². The maximum absolute atomic E-state index is 11.9. The molecule has 1 heterocycles. The molecule has 0 aliphatic rings. The Balaban J connectivity index is 2.67. The van der Waals surface area contributed by atoms with Crippen LogP contribution in [0.3, 0.4) is 0 Å². The Morgan fingerprint density at radius 3 is 2.65 bits per heavy atom. The molecule has 0 saturated carbocycles. The minimum Gasteiger partial charge on any atom is -0.481 e. The summed E-state index contributed by atoms with van der Waals surface area (Å²) in [7, 11) is 1.54. The molecule has 1 rings (SSSR count). The average molecular weight is 238 g/mol. The summed E-state index contributed by atoms with van der Waals surface area (Å²) >= 11 is 0. The number of nitrogens with one attached hydrogen (secondary N) is 1. The Hall–Kier alpha value is -1.62. The molecule has 0 fully saturated rings. The van der Waals surface area contributed by atoms with Gasteiger partial charge in [0, 0.05) is 12.7 Å². The van der Waals surface area contributed by atoms with E-state index in [0.717, 1.165) is 0 Å². The van der Waals surface area contributed by atoms with Crippen LogP contribution in [0.4, 0.5) is 5.69 Å². The zero-order chi connectivity index (χ0) is 12.9. The molecule has 0 saturated heterocycles. The van der Waals surface area contributed by atoms with E-state index in [-0.39, 0.29) is 5.91 Å². The van der Waals surface area contributed by atoms with Crippen LogP contribution < -0.4 is 10.1 Å². The van der Waals surface area contributed by atoms with Crippen molar-refractivity contribution in [2.45, 2.75) is 26.4 Å². The molecule has 0 spiro atoms. The first-order chi connectivity index (χ1) is 7.99. The maximum Gasteiger partial charge on any atom is 0.256 e.